The van der Waals surface area contributed by atoms with Crippen LogP contribution in [0, 0.1) is 0 Å². The molecule has 0 N–H and O–H groups in total. The van der Waals surface area contributed by atoms with Gasteiger partial charge in [0.25, 0.3) is 0 Å². The zero-order valence-corrected chi connectivity index (χ0v) is 14.8. The second-order valence-electron chi connectivity index (χ2n) is 7.09. The number of likely N-dealkylation sites (N-methyl/N-ethyl adjacent to an activating group) is 1. The van der Waals surface area contributed by atoms with Crippen molar-refractivity contribution in [3.8, 4) is 0 Å². The van der Waals surface area contributed by atoms with Crippen LogP contribution < -0.4 is 0 Å². The molecule has 3 rings (SSSR count). The highest BCUT2D eigenvalue weighted by atomic mass is 16.5. The lowest BCUT2D eigenvalue weighted by molar-refractivity contribution is -0.136. The molecule has 4 heteroatoms. The van der Waals surface area contributed by atoms with Crippen LogP contribution in [0.25, 0.3) is 0 Å². The van der Waals surface area contributed by atoms with Gasteiger partial charge in [-0.3, -0.25) is 9.69 Å². The van der Waals surface area contributed by atoms with E-state index in [1.165, 1.54) is 5.56 Å². The Balaban J connectivity index is 1.48. The number of amides is 1. The number of hydrogen-bond donors (Lipinski definition) is 0. The Labute approximate surface area is 145 Å². The van der Waals surface area contributed by atoms with Gasteiger partial charge in [0.15, 0.2) is 0 Å². The van der Waals surface area contributed by atoms with Gasteiger partial charge in [-0.15, -0.1) is 0 Å². The normalized spacial score (nSPS) is 22.6. The Morgan fingerprint density at radius 1 is 1.21 bits per heavy atom. The maximum absolute atomic E-state index is 12.9. The van der Waals surface area contributed by atoms with E-state index in [1.54, 1.807) is 0 Å². The van der Waals surface area contributed by atoms with Gasteiger partial charge in [0.2, 0.25) is 5.91 Å². The molecule has 2 heterocycles. The molecule has 0 radical (unpaired) electrons. The number of hydrogen-bond acceptors (Lipinski definition) is 3. The number of likely N-dealkylation sites (tertiary alicyclic amines) is 1. The second-order valence-corrected chi connectivity index (χ2v) is 7.09. The van der Waals surface area contributed by atoms with Crippen molar-refractivity contribution in [1.82, 2.24) is 9.80 Å². The Bertz CT molecular complexity index is 514. The molecule has 4 nitrogen and oxygen atoms in total. The molecule has 24 heavy (non-hydrogen) atoms. The third-order valence-corrected chi connectivity index (χ3v) is 5.42. The largest absolute Gasteiger partial charge is 0.381 e. The molecular weight excluding hydrogens is 300 g/mol. The quantitative estimate of drug-likeness (QED) is 0.804. The fraction of sp³-hybridized carbons (Fsp3) is 0.650. The summed E-state index contributed by atoms with van der Waals surface area (Å²) in [6.07, 6.45) is 6.36. The van der Waals surface area contributed by atoms with Crippen molar-refractivity contribution in [3.63, 3.8) is 0 Å². The first kappa shape index (κ1) is 17.4. The molecule has 2 saturated heterocycles. The Hall–Kier alpha value is -1.39. The SMILES string of the molecule is CN(CCCc1ccccc1)C(=O)[C@H]1CCCN1C1CCOCC1. The molecule has 2 aliphatic heterocycles. The number of benzene rings is 1. The zero-order valence-electron chi connectivity index (χ0n) is 14.8. The van der Waals surface area contributed by atoms with Crippen LogP contribution in [-0.4, -0.2) is 61.1 Å². The summed E-state index contributed by atoms with van der Waals surface area (Å²) in [4.78, 5) is 17.3. The third-order valence-electron chi connectivity index (χ3n) is 5.42. The number of nitrogens with zero attached hydrogens (tertiary/aromatic N) is 2. The second kappa shape index (κ2) is 8.63. The van der Waals surface area contributed by atoms with E-state index in [0.717, 1.165) is 64.8 Å². The molecule has 0 bridgehead atoms. The summed E-state index contributed by atoms with van der Waals surface area (Å²) in [6.45, 7) is 3.59. The summed E-state index contributed by atoms with van der Waals surface area (Å²) in [6, 6.07) is 11.1. The molecule has 2 aliphatic rings. The number of carbonyl (C=O) groups excluding carboxylic acids is 1. The van der Waals surface area contributed by atoms with Gasteiger partial charge in [-0.1, -0.05) is 30.3 Å². The number of rotatable bonds is 6. The van der Waals surface area contributed by atoms with E-state index < -0.39 is 0 Å². The van der Waals surface area contributed by atoms with Gasteiger partial charge in [-0.25, -0.2) is 0 Å². The molecule has 0 spiro atoms. The van der Waals surface area contributed by atoms with Gasteiger partial charge in [0.1, 0.15) is 0 Å². The van der Waals surface area contributed by atoms with Crippen LogP contribution in [0.15, 0.2) is 30.3 Å². The van der Waals surface area contributed by atoms with Crippen LogP contribution in [0.2, 0.25) is 0 Å². The van der Waals surface area contributed by atoms with Gasteiger partial charge < -0.3 is 9.64 Å². The number of ether oxygens (including phenoxy) is 1. The Morgan fingerprint density at radius 3 is 2.71 bits per heavy atom. The third kappa shape index (κ3) is 4.37. The van der Waals surface area contributed by atoms with E-state index in [9.17, 15) is 4.79 Å². The van der Waals surface area contributed by atoms with Gasteiger partial charge in [0, 0.05) is 32.8 Å². The molecule has 1 aromatic rings. The maximum atomic E-state index is 12.9. The van der Waals surface area contributed by atoms with Crippen molar-refractivity contribution in [2.45, 2.75) is 50.6 Å². The summed E-state index contributed by atoms with van der Waals surface area (Å²) in [5.74, 6) is 0.312. The average molecular weight is 330 g/mol. The van der Waals surface area contributed by atoms with Gasteiger partial charge >= 0.3 is 0 Å². The predicted octanol–water partition coefficient (Wildman–Crippen LogP) is 2.72. The molecule has 2 fully saturated rings. The van der Waals surface area contributed by atoms with Crippen molar-refractivity contribution in [3.05, 3.63) is 35.9 Å². The lowest BCUT2D eigenvalue weighted by atomic mass is 10.1. The van der Waals surface area contributed by atoms with Crippen molar-refractivity contribution >= 4 is 5.91 Å². The Kier molecular flexibility index (Phi) is 6.27. The summed E-state index contributed by atoms with van der Waals surface area (Å²) >= 11 is 0. The first-order valence-electron chi connectivity index (χ1n) is 9.38. The smallest absolute Gasteiger partial charge is 0.239 e. The summed E-state index contributed by atoms with van der Waals surface area (Å²) in [7, 11) is 1.97. The van der Waals surface area contributed by atoms with Gasteiger partial charge in [-0.05, 0) is 50.6 Å². The fourth-order valence-corrected chi connectivity index (χ4v) is 4.04. The minimum atomic E-state index is 0.0924. The van der Waals surface area contributed by atoms with Gasteiger partial charge in [-0.2, -0.15) is 0 Å². The lowest BCUT2D eigenvalue weighted by Crippen LogP contribution is -2.49. The standard InChI is InChI=1S/C20H30N2O2/c1-21(13-5-9-17-7-3-2-4-8-17)20(23)19-10-6-14-22(19)18-11-15-24-16-12-18/h2-4,7-8,18-19H,5-6,9-16H2,1H3/t19-/m1/s1. The zero-order chi connectivity index (χ0) is 16.8. The van der Waals surface area contributed by atoms with Crippen LogP contribution in [0.3, 0.4) is 0 Å². The predicted molar refractivity (Wildman–Crippen MR) is 96.0 cm³/mol. The van der Waals surface area contributed by atoms with E-state index >= 15 is 0 Å². The van der Waals surface area contributed by atoms with E-state index in [1.807, 2.05) is 18.0 Å². The molecule has 0 unspecified atom stereocenters. The minimum absolute atomic E-state index is 0.0924. The van der Waals surface area contributed by atoms with E-state index in [2.05, 4.69) is 29.2 Å². The van der Waals surface area contributed by atoms with Crippen LogP contribution in [0.1, 0.15) is 37.7 Å². The summed E-state index contributed by atoms with van der Waals surface area (Å²) < 4.78 is 5.48. The topological polar surface area (TPSA) is 32.8 Å². The Morgan fingerprint density at radius 2 is 1.96 bits per heavy atom. The lowest BCUT2D eigenvalue weighted by Gasteiger charge is -2.36. The molecule has 0 aliphatic carbocycles. The molecular formula is C20H30N2O2. The summed E-state index contributed by atoms with van der Waals surface area (Å²) in [5.41, 5.74) is 1.35. The molecule has 1 aromatic carbocycles. The monoisotopic (exact) mass is 330 g/mol. The highest BCUT2D eigenvalue weighted by Crippen LogP contribution is 2.26. The van der Waals surface area contributed by atoms with E-state index in [-0.39, 0.29) is 6.04 Å². The average Bonchev–Trinajstić information content (AvgIpc) is 3.12. The first-order chi connectivity index (χ1) is 11.8. The molecule has 1 amide bonds. The fourth-order valence-electron chi connectivity index (χ4n) is 4.04. The molecule has 0 saturated carbocycles. The first-order valence-corrected chi connectivity index (χ1v) is 9.38. The van der Waals surface area contributed by atoms with Crippen molar-refractivity contribution in [1.29, 1.82) is 0 Å². The number of carbonyl (C=O) groups is 1. The van der Waals surface area contributed by atoms with Crippen LogP contribution in [-0.2, 0) is 16.0 Å². The molecule has 1 atom stereocenters. The van der Waals surface area contributed by atoms with Crippen molar-refractivity contribution in [2.24, 2.45) is 0 Å². The van der Waals surface area contributed by atoms with Gasteiger partial charge in [0.05, 0.1) is 6.04 Å². The highest BCUT2D eigenvalue weighted by Gasteiger charge is 2.37. The van der Waals surface area contributed by atoms with Crippen molar-refractivity contribution < 1.29 is 9.53 Å². The highest BCUT2D eigenvalue weighted by molar-refractivity contribution is 5.82. The minimum Gasteiger partial charge on any atom is -0.381 e. The molecule has 132 valence electrons. The van der Waals surface area contributed by atoms with Crippen molar-refractivity contribution in [2.75, 3.05) is 33.4 Å². The van der Waals surface area contributed by atoms with E-state index in [0.29, 0.717) is 11.9 Å². The van der Waals surface area contributed by atoms with Crippen LogP contribution in [0.4, 0.5) is 0 Å². The van der Waals surface area contributed by atoms with Crippen LogP contribution >= 0.6 is 0 Å². The summed E-state index contributed by atoms with van der Waals surface area (Å²) in [5, 5.41) is 0. The van der Waals surface area contributed by atoms with Crippen LogP contribution in [0.5, 0.6) is 0 Å². The molecule has 0 aromatic heterocycles. The number of aryl methyl sites for hydroxylation is 1. The maximum Gasteiger partial charge on any atom is 0.239 e. The van der Waals surface area contributed by atoms with E-state index in [4.69, 9.17) is 4.74 Å².